The van der Waals surface area contributed by atoms with Gasteiger partial charge in [0.15, 0.2) is 28.8 Å². The number of carboxylic acids is 1. The highest BCUT2D eigenvalue weighted by molar-refractivity contribution is 6.06. The number of nitrogen functional groups attached to an aromatic ring is 1. The molecule has 0 aromatic heterocycles. The molecular weight excluding hydrogens is 757 g/mol. The fraction of sp³-hybridized carbons (Fsp3) is 0.178. The molecule has 14 nitrogen and oxygen atoms in total. The van der Waals surface area contributed by atoms with E-state index >= 15 is 0 Å². The molecule has 0 saturated carbocycles. The topological polar surface area (TPSA) is 245 Å². The largest absolute Gasteiger partial charge is 0.504 e. The standard InChI is InChI=1S/C45H42N4O10/c1-25(2)59-42-31(16-19-35(41(42)54)38(51)20-26-8-12-30(13-9-26)45(57)58)23-37(50)28-10-6-27(7-11-28)21-39(52)36(24-40(47)53)49-43(55)29-14-17-34(18-15-29)48-44(56)32-4-3-5-33(46)22-32/h3-19,22,25,36,54H,20-21,23-24,46H2,1-2H3,(H2,47,53)(H,48,56)(H,49,55)(H,57,58)/t36-/m0/s1. The van der Waals surface area contributed by atoms with Crippen LogP contribution < -0.4 is 26.8 Å². The molecule has 0 spiro atoms. The Kier molecular flexibility index (Phi) is 13.7. The predicted octanol–water partition coefficient (Wildman–Crippen LogP) is 5.35. The van der Waals surface area contributed by atoms with Crippen molar-refractivity contribution in [3.63, 3.8) is 0 Å². The minimum Gasteiger partial charge on any atom is -0.504 e. The van der Waals surface area contributed by atoms with E-state index in [0.717, 1.165) is 0 Å². The zero-order chi connectivity index (χ0) is 42.8. The number of phenolic OH excluding ortho intramolecular Hbond substituents is 1. The van der Waals surface area contributed by atoms with Gasteiger partial charge in [-0.3, -0.25) is 28.8 Å². The highest BCUT2D eigenvalue weighted by Gasteiger charge is 2.25. The summed E-state index contributed by atoms with van der Waals surface area (Å²) < 4.78 is 5.86. The van der Waals surface area contributed by atoms with Crippen molar-refractivity contribution in [1.29, 1.82) is 0 Å². The summed E-state index contributed by atoms with van der Waals surface area (Å²) in [6.45, 7) is 3.46. The van der Waals surface area contributed by atoms with Crippen LogP contribution >= 0.6 is 0 Å². The molecule has 8 N–H and O–H groups in total. The lowest BCUT2D eigenvalue weighted by Crippen LogP contribution is -2.44. The smallest absolute Gasteiger partial charge is 0.335 e. The number of carbonyl (C=O) groups is 7. The zero-order valence-corrected chi connectivity index (χ0v) is 32.2. The van der Waals surface area contributed by atoms with Gasteiger partial charge >= 0.3 is 5.97 Å². The molecule has 0 bridgehead atoms. The van der Waals surface area contributed by atoms with Crippen LogP contribution in [0.25, 0.3) is 0 Å². The van der Waals surface area contributed by atoms with Crippen molar-refractivity contribution < 1.29 is 48.5 Å². The van der Waals surface area contributed by atoms with E-state index in [1.54, 1.807) is 44.2 Å². The summed E-state index contributed by atoms with van der Waals surface area (Å²) in [6.07, 6.45) is -1.36. The Labute approximate surface area is 339 Å². The lowest BCUT2D eigenvalue weighted by molar-refractivity contribution is -0.125. The van der Waals surface area contributed by atoms with Gasteiger partial charge in [0, 0.05) is 52.9 Å². The fourth-order valence-electron chi connectivity index (χ4n) is 6.07. The third-order valence-electron chi connectivity index (χ3n) is 9.09. The van der Waals surface area contributed by atoms with Crippen molar-refractivity contribution >= 4 is 52.4 Å². The van der Waals surface area contributed by atoms with Gasteiger partial charge in [0.2, 0.25) is 5.91 Å². The second kappa shape index (κ2) is 19.0. The van der Waals surface area contributed by atoms with Crippen molar-refractivity contribution in [3.05, 3.63) is 154 Å². The number of carbonyl (C=O) groups excluding carboxylic acids is 6. The fourth-order valence-corrected chi connectivity index (χ4v) is 6.07. The van der Waals surface area contributed by atoms with Gasteiger partial charge < -0.3 is 37.1 Å². The Hall–Kier alpha value is -7.61. The summed E-state index contributed by atoms with van der Waals surface area (Å²) in [6, 6.07) is 26.1. The van der Waals surface area contributed by atoms with Gasteiger partial charge in [0.1, 0.15) is 0 Å². The van der Waals surface area contributed by atoms with E-state index in [-0.39, 0.29) is 53.0 Å². The molecule has 0 aliphatic carbocycles. The van der Waals surface area contributed by atoms with Gasteiger partial charge in [-0.25, -0.2) is 4.79 Å². The summed E-state index contributed by atoms with van der Waals surface area (Å²) in [4.78, 5) is 88.7. The molecule has 5 aromatic carbocycles. The molecule has 302 valence electrons. The molecule has 1 atom stereocenters. The maximum Gasteiger partial charge on any atom is 0.335 e. The van der Waals surface area contributed by atoms with Crippen molar-refractivity contribution in [1.82, 2.24) is 5.32 Å². The van der Waals surface area contributed by atoms with Crippen molar-refractivity contribution in [2.24, 2.45) is 5.73 Å². The van der Waals surface area contributed by atoms with Crippen LogP contribution in [0.3, 0.4) is 0 Å². The zero-order valence-electron chi connectivity index (χ0n) is 32.2. The minimum atomic E-state index is -1.25. The third kappa shape index (κ3) is 11.5. The molecule has 5 rings (SSSR count). The number of benzene rings is 5. The van der Waals surface area contributed by atoms with Crippen LogP contribution in [0.1, 0.15) is 88.7 Å². The van der Waals surface area contributed by atoms with E-state index in [0.29, 0.717) is 33.6 Å². The molecule has 0 heterocycles. The minimum absolute atomic E-state index is 0.0121. The molecule has 14 heteroatoms. The SMILES string of the molecule is CC(C)Oc1c(CC(=O)c2ccc(CC(=O)[C@H](CC(N)=O)NC(=O)c3ccc(NC(=O)c4cccc(N)c4)cc3)cc2)ccc(C(=O)Cc2ccc(C(=O)O)cc2)c1O. The number of nitrogens with two attached hydrogens (primary N) is 2. The number of ether oxygens (including phenoxy) is 1. The molecule has 0 unspecified atom stereocenters. The van der Waals surface area contributed by atoms with Gasteiger partial charge in [-0.05, 0) is 85.6 Å². The second-order valence-corrected chi connectivity index (χ2v) is 14.0. The number of anilines is 2. The Morgan fingerprint density at radius 2 is 1.29 bits per heavy atom. The third-order valence-corrected chi connectivity index (χ3v) is 9.09. The van der Waals surface area contributed by atoms with E-state index in [4.69, 9.17) is 21.3 Å². The van der Waals surface area contributed by atoms with E-state index in [9.17, 15) is 38.7 Å². The summed E-state index contributed by atoms with van der Waals surface area (Å²) in [5.74, 6) is -4.65. The van der Waals surface area contributed by atoms with Crippen molar-refractivity contribution in [3.8, 4) is 11.5 Å². The second-order valence-electron chi connectivity index (χ2n) is 14.0. The van der Waals surface area contributed by atoms with E-state index in [1.807, 2.05) is 0 Å². The first-order valence-corrected chi connectivity index (χ1v) is 18.5. The average molecular weight is 799 g/mol. The molecular formula is C45H42N4O10. The number of aromatic carboxylic acids is 1. The molecule has 0 saturated heterocycles. The molecule has 0 fully saturated rings. The molecule has 0 radical (unpaired) electrons. The lowest BCUT2D eigenvalue weighted by atomic mass is 9.95. The predicted molar refractivity (Wildman–Crippen MR) is 219 cm³/mol. The molecule has 0 aliphatic rings. The number of rotatable bonds is 18. The molecule has 0 aliphatic heterocycles. The van der Waals surface area contributed by atoms with Crippen LogP contribution in [0.4, 0.5) is 11.4 Å². The monoisotopic (exact) mass is 798 g/mol. The van der Waals surface area contributed by atoms with Gasteiger partial charge in [-0.15, -0.1) is 0 Å². The number of nitrogens with one attached hydrogen (secondary N) is 2. The van der Waals surface area contributed by atoms with E-state index < -0.39 is 59.6 Å². The van der Waals surface area contributed by atoms with Gasteiger partial charge in [-0.1, -0.05) is 48.5 Å². The van der Waals surface area contributed by atoms with Crippen LogP contribution in [0.2, 0.25) is 0 Å². The lowest BCUT2D eigenvalue weighted by Gasteiger charge is -2.18. The molecule has 5 aromatic rings. The van der Waals surface area contributed by atoms with Crippen LogP contribution in [0.5, 0.6) is 11.5 Å². The number of hydrogen-bond acceptors (Lipinski definition) is 10. The number of aromatic hydroxyl groups is 1. The first-order valence-electron chi connectivity index (χ1n) is 18.5. The molecule has 59 heavy (non-hydrogen) atoms. The number of primary amides is 1. The van der Waals surface area contributed by atoms with Gasteiger partial charge in [0.05, 0.1) is 29.7 Å². The van der Waals surface area contributed by atoms with Crippen molar-refractivity contribution in [2.75, 3.05) is 11.1 Å². The quantitative estimate of drug-likeness (QED) is 0.0487. The summed E-state index contributed by atoms with van der Waals surface area (Å²) in [5, 5.41) is 25.6. The van der Waals surface area contributed by atoms with Crippen molar-refractivity contribution in [2.45, 2.75) is 51.7 Å². The number of ketones is 3. The Morgan fingerprint density at radius 1 is 0.678 bits per heavy atom. The summed E-state index contributed by atoms with van der Waals surface area (Å²) in [7, 11) is 0. The highest BCUT2D eigenvalue weighted by atomic mass is 16.5. The van der Waals surface area contributed by atoms with E-state index in [2.05, 4.69) is 10.6 Å². The molecule has 3 amide bonds. The first-order chi connectivity index (χ1) is 28.1. The van der Waals surface area contributed by atoms with Crippen LogP contribution in [0, 0.1) is 0 Å². The average Bonchev–Trinajstić information content (AvgIpc) is 3.19. The number of hydrogen-bond donors (Lipinski definition) is 6. The van der Waals surface area contributed by atoms with Crippen LogP contribution in [-0.4, -0.2) is 63.4 Å². The Balaban J connectivity index is 1.22. The number of amides is 3. The number of phenols is 1. The Morgan fingerprint density at radius 3 is 1.88 bits per heavy atom. The normalized spacial score (nSPS) is 11.3. The van der Waals surface area contributed by atoms with Crippen LogP contribution in [0.15, 0.2) is 109 Å². The first kappa shape index (κ1) is 42.5. The number of Topliss-reactive ketones (excluding diaryl/α,β-unsaturated/α-hetero) is 3. The maximum atomic E-state index is 13.4. The number of carboxylic acid groups (broad SMARTS) is 1. The maximum absolute atomic E-state index is 13.4. The summed E-state index contributed by atoms with van der Waals surface area (Å²) >= 11 is 0. The Bertz CT molecular complexity index is 2410. The van der Waals surface area contributed by atoms with Crippen LogP contribution in [-0.2, 0) is 28.9 Å². The summed E-state index contributed by atoms with van der Waals surface area (Å²) in [5.41, 5.74) is 14.2. The van der Waals surface area contributed by atoms with E-state index in [1.165, 1.54) is 78.9 Å². The van der Waals surface area contributed by atoms with Gasteiger partial charge in [-0.2, -0.15) is 0 Å². The van der Waals surface area contributed by atoms with Gasteiger partial charge in [0.25, 0.3) is 11.8 Å². The highest BCUT2D eigenvalue weighted by Crippen LogP contribution is 2.36.